The number of hydrogen-bond acceptors (Lipinski definition) is 3. The van der Waals surface area contributed by atoms with Crippen LogP contribution < -0.4 is 10.2 Å². The van der Waals surface area contributed by atoms with E-state index < -0.39 is 5.97 Å². The van der Waals surface area contributed by atoms with Crippen molar-refractivity contribution in [2.45, 2.75) is 25.3 Å². The molecule has 0 unspecified atom stereocenters. The molecular weight excluding hydrogens is 244 g/mol. The van der Waals surface area contributed by atoms with Gasteiger partial charge in [-0.05, 0) is 43.0 Å². The number of anilines is 1. The van der Waals surface area contributed by atoms with Crippen molar-refractivity contribution in [3.8, 4) is 0 Å². The van der Waals surface area contributed by atoms with E-state index in [2.05, 4.69) is 5.32 Å². The van der Waals surface area contributed by atoms with Gasteiger partial charge in [0.15, 0.2) is 0 Å². The van der Waals surface area contributed by atoms with Gasteiger partial charge in [-0.1, -0.05) is 0 Å². The Morgan fingerprint density at radius 3 is 2.84 bits per heavy atom. The highest BCUT2D eigenvalue weighted by atomic mass is 16.4. The smallest absolute Gasteiger partial charge is 0.335 e. The van der Waals surface area contributed by atoms with Crippen molar-refractivity contribution in [3.63, 3.8) is 0 Å². The summed E-state index contributed by atoms with van der Waals surface area (Å²) in [6.07, 6.45) is 3.04. The summed E-state index contributed by atoms with van der Waals surface area (Å²) in [7, 11) is 0. The molecule has 0 radical (unpaired) electrons. The Labute approximate surface area is 111 Å². The summed E-state index contributed by atoms with van der Waals surface area (Å²) in [5.41, 5.74) is 2.08. The van der Waals surface area contributed by atoms with Crippen molar-refractivity contribution in [2.75, 3.05) is 18.0 Å². The molecule has 1 heterocycles. The van der Waals surface area contributed by atoms with Crippen LogP contribution in [0.25, 0.3) is 0 Å². The van der Waals surface area contributed by atoms with Gasteiger partial charge in [0.2, 0.25) is 5.91 Å². The number of rotatable bonds is 4. The first-order valence-electron chi connectivity index (χ1n) is 6.55. The van der Waals surface area contributed by atoms with Gasteiger partial charge < -0.3 is 15.3 Å². The maximum atomic E-state index is 12.1. The molecule has 0 bridgehead atoms. The summed E-state index contributed by atoms with van der Waals surface area (Å²) in [5, 5.41) is 12.2. The fourth-order valence-electron chi connectivity index (χ4n) is 2.41. The van der Waals surface area contributed by atoms with E-state index in [0.717, 1.165) is 30.5 Å². The molecule has 19 heavy (non-hydrogen) atoms. The lowest BCUT2D eigenvalue weighted by atomic mass is 10.1. The van der Waals surface area contributed by atoms with Gasteiger partial charge in [0.1, 0.15) is 0 Å². The number of aromatic carboxylic acids is 1. The third-order valence-electron chi connectivity index (χ3n) is 3.64. The summed E-state index contributed by atoms with van der Waals surface area (Å²) in [4.78, 5) is 24.8. The molecule has 1 aliphatic carbocycles. The summed E-state index contributed by atoms with van der Waals surface area (Å²) in [6.45, 7) is 1.01. The van der Waals surface area contributed by atoms with E-state index in [1.54, 1.807) is 23.1 Å². The van der Waals surface area contributed by atoms with Crippen molar-refractivity contribution in [3.05, 3.63) is 29.3 Å². The van der Waals surface area contributed by atoms with Crippen LogP contribution in [0.5, 0.6) is 0 Å². The number of nitrogens with zero attached hydrogens (tertiary/aromatic N) is 1. The number of nitrogens with one attached hydrogen (secondary N) is 1. The third-order valence-corrected chi connectivity index (χ3v) is 3.64. The monoisotopic (exact) mass is 260 g/mol. The van der Waals surface area contributed by atoms with Crippen LogP contribution in [0, 0.1) is 0 Å². The second kappa shape index (κ2) is 4.66. The minimum absolute atomic E-state index is 0.0636. The zero-order valence-corrected chi connectivity index (χ0v) is 10.6. The highest BCUT2D eigenvalue weighted by Crippen LogP contribution is 2.29. The lowest BCUT2D eigenvalue weighted by molar-refractivity contribution is -0.117. The molecule has 1 saturated carbocycles. The van der Waals surface area contributed by atoms with Gasteiger partial charge in [0, 0.05) is 18.3 Å². The van der Waals surface area contributed by atoms with Crippen LogP contribution in [0.4, 0.5) is 5.69 Å². The Balaban J connectivity index is 1.73. The SMILES string of the molecule is O=C(O)c1ccc2c(c1)CCN2C(=O)CNC1CC1. The Morgan fingerprint density at radius 1 is 1.37 bits per heavy atom. The molecule has 0 aromatic heterocycles. The second-order valence-electron chi connectivity index (χ2n) is 5.10. The summed E-state index contributed by atoms with van der Waals surface area (Å²) >= 11 is 0. The highest BCUT2D eigenvalue weighted by Gasteiger charge is 2.27. The van der Waals surface area contributed by atoms with Gasteiger partial charge in [0.05, 0.1) is 12.1 Å². The minimum atomic E-state index is -0.928. The number of carboxylic acids is 1. The topological polar surface area (TPSA) is 69.6 Å². The first kappa shape index (κ1) is 12.2. The molecule has 2 aliphatic rings. The van der Waals surface area contributed by atoms with Crippen LogP contribution in [0.15, 0.2) is 18.2 Å². The zero-order valence-electron chi connectivity index (χ0n) is 10.6. The van der Waals surface area contributed by atoms with Crippen LogP contribution >= 0.6 is 0 Å². The summed E-state index contributed by atoms with van der Waals surface area (Å²) in [6, 6.07) is 5.47. The first-order valence-corrected chi connectivity index (χ1v) is 6.55. The average molecular weight is 260 g/mol. The van der Waals surface area contributed by atoms with Gasteiger partial charge in [-0.15, -0.1) is 0 Å². The molecule has 0 saturated heterocycles. The number of carbonyl (C=O) groups is 2. The quantitative estimate of drug-likeness (QED) is 0.848. The largest absolute Gasteiger partial charge is 0.478 e. The van der Waals surface area contributed by atoms with E-state index in [9.17, 15) is 9.59 Å². The van der Waals surface area contributed by atoms with Gasteiger partial charge >= 0.3 is 5.97 Å². The molecule has 3 rings (SSSR count). The maximum Gasteiger partial charge on any atom is 0.335 e. The van der Waals surface area contributed by atoms with Crippen molar-refractivity contribution in [1.82, 2.24) is 5.32 Å². The first-order chi connectivity index (χ1) is 9.15. The molecule has 5 nitrogen and oxygen atoms in total. The Hall–Kier alpha value is -1.88. The van der Waals surface area contributed by atoms with Crippen LogP contribution in [0.1, 0.15) is 28.8 Å². The Bertz CT molecular complexity index is 537. The molecule has 0 spiro atoms. The van der Waals surface area contributed by atoms with E-state index in [-0.39, 0.29) is 11.5 Å². The standard InChI is InChI=1S/C14H16N2O3/c17-13(8-15-11-2-3-11)16-6-5-9-7-10(14(18)19)1-4-12(9)16/h1,4,7,11,15H,2-3,5-6,8H2,(H,18,19). The predicted octanol–water partition coefficient (Wildman–Crippen LogP) is 1.03. The number of hydrogen-bond donors (Lipinski definition) is 2. The zero-order chi connectivity index (χ0) is 13.4. The van der Waals surface area contributed by atoms with Crippen LogP contribution in [0.3, 0.4) is 0 Å². The van der Waals surface area contributed by atoms with E-state index in [1.165, 1.54) is 0 Å². The number of fused-ring (bicyclic) bond motifs is 1. The molecule has 1 aliphatic heterocycles. The molecule has 0 atom stereocenters. The van der Waals surface area contributed by atoms with Crippen molar-refractivity contribution >= 4 is 17.6 Å². The number of carbonyl (C=O) groups excluding carboxylic acids is 1. The van der Waals surface area contributed by atoms with Gasteiger partial charge in [-0.3, -0.25) is 4.79 Å². The molecular formula is C14H16N2O3. The molecule has 5 heteroatoms. The Kier molecular flexibility index (Phi) is 2.98. The Morgan fingerprint density at radius 2 is 2.16 bits per heavy atom. The average Bonchev–Trinajstić information content (AvgIpc) is 3.13. The molecule has 1 aromatic rings. The maximum absolute atomic E-state index is 12.1. The van der Waals surface area contributed by atoms with Gasteiger partial charge in [-0.2, -0.15) is 0 Å². The van der Waals surface area contributed by atoms with E-state index in [0.29, 0.717) is 19.1 Å². The minimum Gasteiger partial charge on any atom is -0.478 e. The molecule has 2 N–H and O–H groups in total. The third kappa shape index (κ3) is 2.46. The van der Waals surface area contributed by atoms with E-state index in [1.807, 2.05) is 0 Å². The van der Waals surface area contributed by atoms with E-state index >= 15 is 0 Å². The lowest BCUT2D eigenvalue weighted by Gasteiger charge is -2.17. The molecule has 1 amide bonds. The van der Waals surface area contributed by atoms with Crippen LogP contribution in [0.2, 0.25) is 0 Å². The fourth-order valence-corrected chi connectivity index (χ4v) is 2.41. The van der Waals surface area contributed by atoms with Gasteiger partial charge in [0.25, 0.3) is 0 Å². The summed E-state index contributed by atoms with van der Waals surface area (Å²) in [5.74, 6) is -0.864. The molecule has 1 aromatic carbocycles. The van der Waals surface area contributed by atoms with Crippen molar-refractivity contribution in [1.29, 1.82) is 0 Å². The number of benzene rings is 1. The van der Waals surface area contributed by atoms with Gasteiger partial charge in [-0.25, -0.2) is 4.79 Å². The number of carboxylic acid groups (broad SMARTS) is 1. The molecule has 100 valence electrons. The lowest BCUT2D eigenvalue weighted by Crippen LogP contribution is -2.37. The van der Waals surface area contributed by atoms with E-state index in [4.69, 9.17) is 5.11 Å². The second-order valence-corrected chi connectivity index (χ2v) is 5.10. The van der Waals surface area contributed by atoms with Crippen molar-refractivity contribution < 1.29 is 14.7 Å². The van der Waals surface area contributed by atoms with Crippen LogP contribution in [-0.2, 0) is 11.2 Å². The van der Waals surface area contributed by atoms with Crippen LogP contribution in [-0.4, -0.2) is 36.1 Å². The highest BCUT2D eigenvalue weighted by molar-refractivity contribution is 5.98. The fraction of sp³-hybridized carbons (Fsp3) is 0.429. The normalized spacial score (nSPS) is 17.4. The van der Waals surface area contributed by atoms with Crippen molar-refractivity contribution in [2.24, 2.45) is 0 Å². The summed E-state index contributed by atoms with van der Waals surface area (Å²) < 4.78 is 0. The number of amides is 1. The molecule has 1 fully saturated rings. The predicted molar refractivity (Wildman–Crippen MR) is 70.5 cm³/mol.